The van der Waals surface area contributed by atoms with Crippen LogP contribution in [0.25, 0.3) is 11.0 Å². The van der Waals surface area contributed by atoms with Crippen molar-refractivity contribution >= 4 is 11.0 Å². The second-order valence-electron chi connectivity index (χ2n) is 5.60. The summed E-state index contributed by atoms with van der Waals surface area (Å²) in [6, 6.07) is 4.69. The summed E-state index contributed by atoms with van der Waals surface area (Å²) in [5.74, 6) is 0.696. The minimum atomic E-state index is -0.215. The van der Waals surface area contributed by atoms with Crippen molar-refractivity contribution in [1.29, 1.82) is 0 Å². The Labute approximate surface area is 107 Å². The maximum Gasteiger partial charge on any atom is 0.134 e. The highest BCUT2D eigenvalue weighted by molar-refractivity contribution is 5.82. The van der Waals surface area contributed by atoms with Crippen molar-refractivity contribution in [2.75, 3.05) is 0 Å². The molecule has 1 aromatic heterocycles. The number of fused-ring (bicyclic) bond motifs is 1. The minimum absolute atomic E-state index is 0.0369. The molecule has 0 bridgehead atoms. The van der Waals surface area contributed by atoms with Crippen LogP contribution in [0.5, 0.6) is 0 Å². The van der Waals surface area contributed by atoms with Gasteiger partial charge in [-0.2, -0.15) is 0 Å². The van der Waals surface area contributed by atoms with Gasteiger partial charge in [-0.05, 0) is 45.4 Å². The van der Waals surface area contributed by atoms with E-state index in [1.54, 1.807) is 12.1 Å². The van der Waals surface area contributed by atoms with Crippen LogP contribution in [-0.2, 0) is 13.0 Å². The molecular weight excluding hydrogens is 229 g/mol. The van der Waals surface area contributed by atoms with E-state index in [1.807, 2.05) is 0 Å². The summed E-state index contributed by atoms with van der Waals surface area (Å²) >= 11 is 0. The molecule has 2 rings (SSSR count). The average Bonchev–Trinajstić information content (AvgIpc) is 2.62. The van der Waals surface area contributed by atoms with Gasteiger partial charge in [0, 0.05) is 16.5 Å². The zero-order valence-corrected chi connectivity index (χ0v) is 11.4. The normalized spacial score (nSPS) is 12.3. The standard InChI is InChI=1S/C15H20FNO/c1-5-11-12-8-10(16)6-7-13(12)18-14(11)9-17-15(2,3)4/h6-8,17H,5,9H2,1-4H3. The van der Waals surface area contributed by atoms with E-state index >= 15 is 0 Å². The van der Waals surface area contributed by atoms with E-state index in [0.29, 0.717) is 6.54 Å². The molecule has 1 heterocycles. The summed E-state index contributed by atoms with van der Waals surface area (Å²) in [5, 5.41) is 4.29. The van der Waals surface area contributed by atoms with E-state index in [0.717, 1.165) is 28.7 Å². The summed E-state index contributed by atoms with van der Waals surface area (Å²) in [5.41, 5.74) is 1.90. The number of benzene rings is 1. The van der Waals surface area contributed by atoms with Crippen LogP contribution in [0.3, 0.4) is 0 Å². The van der Waals surface area contributed by atoms with Crippen molar-refractivity contribution < 1.29 is 8.81 Å². The second-order valence-corrected chi connectivity index (χ2v) is 5.60. The van der Waals surface area contributed by atoms with Crippen LogP contribution >= 0.6 is 0 Å². The van der Waals surface area contributed by atoms with Gasteiger partial charge in [0.2, 0.25) is 0 Å². The predicted octanol–water partition coefficient (Wildman–Crippen LogP) is 4.02. The number of hydrogen-bond acceptors (Lipinski definition) is 2. The molecule has 0 aliphatic rings. The Balaban J connectivity index is 2.38. The van der Waals surface area contributed by atoms with Crippen LogP contribution in [0.15, 0.2) is 22.6 Å². The molecule has 2 aromatic rings. The monoisotopic (exact) mass is 249 g/mol. The third-order valence-corrected chi connectivity index (χ3v) is 2.97. The van der Waals surface area contributed by atoms with E-state index < -0.39 is 0 Å². The van der Waals surface area contributed by atoms with Gasteiger partial charge in [0.25, 0.3) is 0 Å². The lowest BCUT2D eigenvalue weighted by Gasteiger charge is -2.19. The zero-order valence-electron chi connectivity index (χ0n) is 11.4. The molecule has 0 unspecified atom stereocenters. The van der Waals surface area contributed by atoms with Crippen molar-refractivity contribution in [2.24, 2.45) is 0 Å². The molecule has 3 heteroatoms. The van der Waals surface area contributed by atoms with Gasteiger partial charge in [-0.15, -0.1) is 0 Å². The third-order valence-electron chi connectivity index (χ3n) is 2.97. The van der Waals surface area contributed by atoms with Crippen molar-refractivity contribution in [3.8, 4) is 0 Å². The summed E-state index contributed by atoms with van der Waals surface area (Å²) in [7, 11) is 0. The number of rotatable bonds is 3. The van der Waals surface area contributed by atoms with Crippen LogP contribution in [-0.4, -0.2) is 5.54 Å². The summed E-state index contributed by atoms with van der Waals surface area (Å²) in [4.78, 5) is 0. The first-order valence-electron chi connectivity index (χ1n) is 6.35. The van der Waals surface area contributed by atoms with Gasteiger partial charge >= 0.3 is 0 Å². The summed E-state index contributed by atoms with van der Waals surface area (Å²) in [6.45, 7) is 9.07. The van der Waals surface area contributed by atoms with Crippen LogP contribution in [0.1, 0.15) is 39.0 Å². The minimum Gasteiger partial charge on any atom is -0.459 e. The predicted molar refractivity (Wildman–Crippen MR) is 72.1 cm³/mol. The van der Waals surface area contributed by atoms with Gasteiger partial charge in [0.15, 0.2) is 0 Å². The molecule has 1 aromatic carbocycles. The van der Waals surface area contributed by atoms with Gasteiger partial charge in [0.1, 0.15) is 17.2 Å². The first kappa shape index (κ1) is 13.1. The fraction of sp³-hybridized carbons (Fsp3) is 0.467. The maximum atomic E-state index is 13.3. The number of hydrogen-bond donors (Lipinski definition) is 1. The summed E-state index contributed by atoms with van der Waals surface area (Å²) < 4.78 is 19.1. The van der Waals surface area contributed by atoms with Crippen molar-refractivity contribution in [1.82, 2.24) is 5.32 Å². The molecule has 0 aliphatic heterocycles. The van der Waals surface area contributed by atoms with E-state index in [4.69, 9.17) is 4.42 Å². The van der Waals surface area contributed by atoms with Crippen molar-refractivity contribution in [3.63, 3.8) is 0 Å². The van der Waals surface area contributed by atoms with Crippen LogP contribution in [0.2, 0.25) is 0 Å². The number of nitrogens with one attached hydrogen (secondary N) is 1. The van der Waals surface area contributed by atoms with E-state index in [2.05, 4.69) is 33.0 Å². The molecule has 0 radical (unpaired) electrons. The molecule has 1 N–H and O–H groups in total. The average molecular weight is 249 g/mol. The molecule has 0 atom stereocenters. The smallest absolute Gasteiger partial charge is 0.134 e. The highest BCUT2D eigenvalue weighted by Crippen LogP contribution is 2.27. The van der Waals surface area contributed by atoms with Crippen molar-refractivity contribution in [2.45, 2.75) is 46.2 Å². The van der Waals surface area contributed by atoms with Crippen LogP contribution in [0.4, 0.5) is 4.39 Å². The topological polar surface area (TPSA) is 25.2 Å². The lowest BCUT2D eigenvalue weighted by Crippen LogP contribution is -2.35. The first-order valence-corrected chi connectivity index (χ1v) is 6.35. The molecule has 0 aliphatic carbocycles. The van der Waals surface area contributed by atoms with E-state index in [1.165, 1.54) is 6.07 Å². The van der Waals surface area contributed by atoms with Gasteiger partial charge in [-0.3, -0.25) is 0 Å². The van der Waals surface area contributed by atoms with Crippen LogP contribution < -0.4 is 5.32 Å². The Morgan fingerprint density at radius 2 is 2.00 bits per heavy atom. The lowest BCUT2D eigenvalue weighted by molar-refractivity contribution is 0.393. The zero-order chi connectivity index (χ0) is 13.3. The van der Waals surface area contributed by atoms with Gasteiger partial charge < -0.3 is 9.73 Å². The molecule has 0 amide bonds. The fourth-order valence-electron chi connectivity index (χ4n) is 2.05. The Bertz CT molecular complexity index is 551. The highest BCUT2D eigenvalue weighted by atomic mass is 19.1. The van der Waals surface area contributed by atoms with Gasteiger partial charge in [0.05, 0.1) is 6.54 Å². The second kappa shape index (κ2) is 4.73. The van der Waals surface area contributed by atoms with E-state index in [9.17, 15) is 4.39 Å². The molecule has 0 fully saturated rings. The Hall–Kier alpha value is -1.35. The lowest BCUT2D eigenvalue weighted by atomic mass is 10.1. The number of aryl methyl sites for hydroxylation is 1. The Morgan fingerprint density at radius 3 is 2.61 bits per heavy atom. The molecule has 2 nitrogen and oxygen atoms in total. The Morgan fingerprint density at radius 1 is 1.28 bits per heavy atom. The van der Waals surface area contributed by atoms with Gasteiger partial charge in [-0.1, -0.05) is 6.92 Å². The number of furan rings is 1. The molecule has 98 valence electrons. The first-order chi connectivity index (χ1) is 8.40. The quantitative estimate of drug-likeness (QED) is 0.888. The highest BCUT2D eigenvalue weighted by Gasteiger charge is 2.16. The molecule has 0 saturated carbocycles. The largest absolute Gasteiger partial charge is 0.459 e. The van der Waals surface area contributed by atoms with Crippen molar-refractivity contribution in [3.05, 3.63) is 35.3 Å². The van der Waals surface area contributed by atoms with Crippen LogP contribution in [0, 0.1) is 5.82 Å². The molecule has 0 saturated heterocycles. The maximum absolute atomic E-state index is 13.3. The summed E-state index contributed by atoms with van der Waals surface area (Å²) in [6.07, 6.45) is 0.845. The third kappa shape index (κ3) is 2.72. The van der Waals surface area contributed by atoms with Gasteiger partial charge in [-0.25, -0.2) is 4.39 Å². The molecule has 18 heavy (non-hydrogen) atoms. The molecular formula is C15H20FNO. The number of halogens is 1. The fourth-order valence-corrected chi connectivity index (χ4v) is 2.05. The SMILES string of the molecule is CCc1c(CNC(C)(C)C)oc2ccc(F)cc12. The molecule has 0 spiro atoms. The Kier molecular flexibility index (Phi) is 3.44. The van der Waals surface area contributed by atoms with E-state index in [-0.39, 0.29) is 11.4 Å².